The van der Waals surface area contributed by atoms with Crippen molar-refractivity contribution in [2.75, 3.05) is 0 Å². The van der Waals surface area contributed by atoms with E-state index in [1.165, 1.54) is 31.4 Å². The van der Waals surface area contributed by atoms with Crippen LogP contribution < -0.4 is 0 Å². The molecule has 1 aliphatic heterocycles. The number of nitrogens with zero attached hydrogens (tertiary/aromatic N) is 1. The largest absolute Gasteiger partial charge is 0.350 e. The third kappa shape index (κ3) is 2.49. The number of hydrogen-bond acceptors (Lipinski definition) is 0. The number of aryl methyl sites for hydroxylation is 2. The van der Waals surface area contributed by atoms with Crippen LogP contribution in [-0.4, -0.2) is 4.57 Å². The molecule has 0 aliphatic carbocycles. The Bertz CT molecular complexity index is 558. The molecule has 0 bridgehead atoms. The number of fused-ring (bicyclic) bond motifs is 1. The Labute approximate surface area is 108 Å². The highest BCUT2D eigenvalue weighted by Gasteiger charge is 2.07. The second-order valence-corrected chi connectivity index (χ2v) is 4.84. The molecule has 0 saturated carbocycles. The lowest BCUT2D eigenvalue weighted by molar-refractivity contribution is 0.636. The zero-order chi connectivity index (χ0) is 12.2. The minimum absolute atomic E-state index is 1.08. The van der Waals surface area contributed by atoms with Crippen LogP contribution in [0.2, 0.25) is 0 Å². The molecule has 18 heavy (non-hydrogen) atoms. The van der Waals surface area contributed by atoms with Gasteiger partial charge in [0.25, 0.3) is 0 Å². The maximum Gasteiger partial charge on any atom is 0.0428 e. The van der Waals surface area contributed by atoms with Crippen molar-refractivity contribution in [1.29, 1.82) is 0 Å². The summed E-state index contributed by atoms with van der Waals surface area (Å²) in [5.74, 6) is 6.49. The molecule has 1 aromatic heterocycles. The minimum atomic E-state index is 1.08. The third-order valence-corrected chi connectivity index (χ3v) is 3.44. The van der Waals surface area contributed by atoms with Gasteiger partial charge in [0.1, 0.15) is 0 Å². The van der Waals surface area contributed by atoms with Gasteiger partial charge in [0.05, 0.1) is 0 Å². The molecule has 2 heterocycles. The summed E-state index contributed by atoms with van der Waals surface area (Å²) in [7, 11) is 0. The zero-order valence-corrected chi connectivity index (χ0v) is 10.5. The van der Waals surface area contributed by atoms with E-state index in [4.69, 9.17) is 0 Å². The molecular formula is C17H17N. The lowest BCUT2D eigenvalue weighted by Crippen LogP contribution is -1.96. The molecule has 0 fully saturated rings. The van der Waals surface area contributed by atoms with Crippen LogP contribution in [0.4, 0.5) is 0 Å². The maximum absolute atomic E-state index is 3.27. The van der Waals surface area contributed by atoms with E-state index in [2.05, 4.69) is 28.7 Å². The second kappa shape index (κ2) is 5.14. The predicted molar refractivity (Wildman–Crippen MR) is 74.4 cm³/mol. The second-order valence-electron chi connectivity index (χ2n) is 4.84. The minimum Gasteiger partial charge on any atom is -0.350 e. The maximum atomic E-state index is 3.27. The first-order valence-corrected chi connectivity index (χ1v) is 6.68. The summed E-state index contributed by atoms with van der Waals surface area (Å²) >= 11 is 0. The summed E-state index contributed by atoms with van der Waals surface area (Å²) in [6.45, 7) is 1.16. The summed E-state index contributed by atoms with van der Waals surface area (Å²) in [6.07, 6.45) is 7.37. The molecule has 0 radical (unpaired) electrons. The lowest BCUT2D eigenvalue weighted by atomic mass is 10.1. The van der Waals surface area contributed by atoms with Gasteiger partial charge < -0.3 is 4.57 Å². The molecule has 0 N–H and O–H groups in total. The first-order valence-electron chi connectivity index (χ1n) is 6.68. The molecule has 1 aromatic carbocycles. The fourth-order valence-electron chi connectivity index (χ4n) is 2.47. The predicted octanol–water partition coefficient (Wildman–Crippen LogP) is 3.61. The third-order valence-electron chi connectivity index (χ3n) is 3.44. The van der Waals surface area contributed by atoms with Crippen LogP contribution >= 0.6 is 0 Å². The van der Waals surface area contributed by atoms with Gasteiger partial charge >= 0.3 is 0 Å². The Morgan fingerprint density at radius 1 is 0.889 bits per heavy atom. The van der Waals surface area contributed by atoms with E-state index >= 15 is 0 Å². The Kier molecular flexibility index (Phi) is 3.19. The number of benzene rings is 1. The van der Waals surface area contributed by atoms with E-state index in [0.717, 1.165) is 17.7 Å². The van der Waals surface area contributed by atoms with E-state index in [0.29, 0.717) is 0 Å². The van der Waals surface area contributed by atoms with E-state index in [9.17, 15) is 0 Å². The number of aromatic nitrogens is 1. The van der Waals surface area contributed by atoms with E-state index in [1.54, 1.807) is 0 Å². The molecule has 3 rings (SSSR count). The topological polar surface area (TPSA) is 4.93 Å². The van der Waals surface area contributed by atoms with Gasteiger partial charge in [-0.3, -0.25) is 0 Å². The van der Waals surface area contributed by atoms with Gasteiger partial charge in [-0.1, -0.05) is 36.5 Å². The first kappa shape index (κ1) is 11.2. The van der Waals surface area contributed by atoms with Crippen molar-refractivity contribution in [3.63, 3.8) is 0 Å². The first-order chi connectivity index (χ1) is 8.92. The fraction of sp³-hybridized carbons (Fsp3) is 0.294. The van der Waals surface area contributed by atoms with Crippen LogP contribution in [0.5, 0.6) is 0 Å². The summed E-state index contributed by atoms with van der Waals surface area (Å²) in [6, 6.07) is 12.4. The van der Waals surface area contributed by atoms with Crippen LogP contribution in [0.3, 0.4) is 0 Å². The monoisotopic (exact) mass is 235 g/mol. The smallest absolute Gasteiger partial charge is 0.0428 e. The molecule has 1 heteroatoms. The molecule has 0 unspecified atom stereocenters. The average Bonchev–Trinajstić information content (AvgIpc) is 2.68. The van der Waals surface area contributed by atoms with Crippen molar-refractivity contribution in [3.8, 4) is 11.8 Å². The van der Waals surface area contributed by atoms with Gasteiger partial charge in [-0.25, -0.2) is 0 Å². The van der Waals surface area contributed by atoms with Crippen LogP contribution in [-0.2, 0) is 13.0 Å². The van der Waals surface area contributed by atoms with Crippen molar-refractivity contribution >= 4 is 0 Å². The molecule has 1 aliphatic rings. The van der Waals surface area contributed by atoms with Crippen molar-refractivity contribution in [1.82, 2.24) is 4.57 Å². The normalized spacial score (nSPS) is 14.2. The van der Waals surface area contributed by atoms with Gasteiger partial charge in [0.15, 0.2) is 0 Å². The number of hydrogen-bond donors (Lipinski definition) is 0. The molecule has 2 aromatic rings. The molecule has 0 amide bonds. The standard InChI is InChI=1S/C17H17N/c1-3-7-15(8-4-1)10-11-16-13-17-9-5-2-6-12-18(17)14-16/h1,3-4,7-8,13-14H,2,5-6,9,12H2. The highest BCUT2D eigenvalue weighted by atomic mass is 15.0. The quantitative estimate of drug-likeness (QED) is 0.615. The van der Waals surface area contributed by atoms with Gasteiger partial charge in [-0.2, -0.15) is 0 Å². The van der Waals surface area contributed by atoms with Crippen LogP contribution in [0.15, 0.2) is 42.6 Å². The average molecular weight is 235 g/mol. The molecule has 0 saturated heterocycles. The van der Waals surface area contributed by atoms with E-state index < -0.39 is 0 Å². The van der Waals surface area contributed by atoms with E-state index in [-0.39, 0.29) is 0 Å². The molecule has 90 valence electrons. The Morgan fingerprint density at radius 3 is 2.61 bits per heavy atom. The SMILES string of the molecule is C(#Cc1cc2n(c1)CCCCC2)c1ccccc1. The van der Waals surface area contributed by atoms with Crippen molar-refractivity contribution in [2.24, 2.45) is 0 Å². The van der Waals surface area contributed by atoms with Crippen LogP contribution in [0.1, 0.15) is 36.1 Å². The van der Waals surface area contributed by atoms with Crippen molar-refractivity contribution < 1.29 is 0 Å². The molecule has 1 nitrogen and oxygen atoms in total. The van der Waals surface area contributed by atoms with Gasteiger partial charge in [-0.05, 0) is 37.5 Å². The van der Waals surface area contributed by atoms with Gasteiger partial charge in [0, 0.05) is 29.6 Å². The Balaban J connectivity index is 1.84. The molecule has 0 spiro atoms. The Morgan fingerprint density at radius 2 is 1.72 bits per heavy atom. The van der Waals surface area contributed by atoms with Crippen molar-refractivity contribution in [2.45, 2.75) is 32.2 Å². The van der Waals surface area contributed by atoms with Gasteiger partial charge in [0.2, 0.25) is 0 Å². The number of rotatable bonds is 0. The summed E-state index contributed by atoms with van der Waals surface area (Å²) in [5, 5.41) is 0. The van der Waals surface area contributed by atoms with Gasteiger partial charge in [-0.15, -0.1) is 0 Å². The highest BCUT2D eigenvalue weighted by molar-refractivity contribution is 5.43. The Hall–Kier alpha value is -1.94. The highest BCUT2D eigenvalue weighted by Crippen LogP contribution is 2.17. The summed E-state index contributed by atoms with van der Waals surface area (Å²) in [4.78, 5) is 0. The van der Waals surface area contributed by atoms with E-state index in [1.807, 2.05) is 30.3 Å². The van der Waals surface area contributed by atoms with Crippen LogP contribution in [0, 0.1) is 11.8 Å². The zero-order valence-electron chi connectivity index (χ0n) is 10.5. The molecule has 0 atom stereocenters. The fourth-order valence-corrected chi connectivity index (χ4v) is 2.47. The molecular weight excluding hydrogens is 218 g/mol. The summed E-state index contributed by atoms with van der Waals surface area (Å²) in [5.41, 5.74) is 3.68. The lowest BCUT2D eigenvalue weighted by Gasteiger charge is -2.01. The van der Waals surface area contributed by atoms with Crippen LogP contribution in [0.25, 0.3) is 0 Å². The summed E-state index contributed by atoms with van der Waals surface area (Å²) < 4.78 is 2.38. The van der Waals surface area contributed by atoms with Crippen molar-refractivity contribution in [3.05, 3.63) is 59.4 Å².